The van der Waals surface area contributed by atoms with Crippen LogP contribution in [0.1, 0.15) is 37.6 Å². The van der Waals surface area contributed by atoms with E-state index in [0.717, 1.165) is 38.8 Å². The molecule has 9 heteroatoms. The monoisotopic (exact) mass is 553 g/mol. The van der Waals surface area contributed by atoms with Crippen LogP contribution in [-0.4, -0.2) is 31.1 Å². The number of nitriles is 1. The van der Waals surface area contributed by atoms with Crippen LogP contribution in [0.15, 0.2) is 96.3 Å². The third-order valence-electron chi connectivity index (χ3n) is 7.14. The molecule has 0 amide bonds. The Morgan fingerprint density at radius 2 is 1.76 bits per heavy atom. The number of fused-ring (bicyclic) bond motifs is 2. The fourth-order valence-electron chi connectivity index (χ4n) is 5.17. The van der Waals surface area contributed by atoms with Gasteiger partial charge in [0.15, 0.2) is 0 Å². The van der Waals surface area contributed by atoms with Gasteiger partial charge in [0.1, 0.15) is 12.1 Å². The lowest BCUT2D eigenvalue weighted by molar-refractivity contribution is 0.312. The fourth-order valence-corrected chi connectivity index (χ4v) is 5.17. The number of nitrogens with zero attached hydrogens (tertiary/aromatic N) is 6. The molecule has 3 aromatic carbocycles. The first-order valence-electron chi connectivity index (χ1n) is 13.7. The summed E-state index contributed by atoms with van der Waals surface area (Å²) in [5, 5.41) is 15.1. The molecule has 0 radical (unpaired) electrons. The molecule has 6 aromatic rings. The molecule has 0 aliphatic carbocycles. The minimum absolute atomic E-state index is 0.155. The van der Waals surface area contributed by atoms with Gasteiger partial charge in [0.2, 0.25) is 0 Å². The number of hydrogen-bond acceptors (Lipinski definition) is 8. The fraction of sp³-hybridized carbons (Fsp3) is 0.152. The van der Waals surface area contributed by atoms with E-state index in [0.29, 0.717) is 35.8 Å². The predicted molar refractivity (Wildman–Crippen MR) is 163 cm³/mol. The SMILES string of the molecule is CCOc1ncc(-c2cccc3cc([C@H](CC)Nc4ncnc5ccc(C#N)cc45)n(-c4ccccc4)c(=O)c23)cn1. The molecule has 0 spiro atoms. The maximum atomic E-state index is 14.5. The Labute approximate surface area is 242 Å². The molecule has 0 saturated carbocycles. The third kappa shape index (κ3) is 4.90. The highest BCUT2D eigenvalue weighted by Crippen LogP contribution is 2.32. The highest BCUT2D eigenvalue weighted by molar-refractivity contribution is 5.96. The van der Waals surface area contributed by atoms with Crippen LogP contribution >= 0.6 is 0 Å². The van der Waals surface area contributed by atoms with Crippen LogP contribution < -0.4 is 15.6 Å². The van der Waals surface area contributed by atoms with Crippen LogP contribution in [0, 0.1) is 11.3 Å². The van der Waals surface area contributed by atoms with Crippen molar-refractivity contribution in [1.29, 1.82) is 5.26 Å². The molecular weight excluding hydrogens is 526 g/mol. The first-order chi connectivity index (χ1) is 20.6. The number of para-hydroxylation sites is 1. The lowest BCUT2D eigenvalue weighted by Gasteiger charge is -2.24. The van der Waals surface area contributed by atoms with Crippen molar-refractivity contribution in [3.8, 4) is 28.9 Å². The van der Waals surface area contributed by atoms with E-state index in [2.05, 4.69) is 38.2 Å². The highest BCUT2D eigenvalue weighted by atomic mass is 16.5. The zero-order valence-corrected chi connectivity index (χ0v) is 23.2. The zero-order chi connectivity index (χ0) is 29.1. The van der Waals surface area contributed by atoms with Crippen molar-refractivity contribution in [3.63, 3.8) is 0 Å². The Hall–Kier alpha value is -5.62. The van der Waals surface area contributed by atoms with E-state index < -0.39 is 0 Å². The van der Waals surface area contributed by atoms with Crippen LogP contribution in [0.25, 0.3) is 38.5 Å². The molecule has 0 aliphatic rings. The molecule has 42 heavy (non-hydrogen) atoms. The van der Waals surface area contributed by atoms with Crippen LogP contribution in [0.4, 0.5) is 5.82 Å². The van der Waals surface area contributed by atoms with Crippen LogP contribution in [0.3, 0.4) is 0 Å². The molecule has 3 aromatic heterocycles. The highest BCUT2D eigenvalue weighted by Gasteiger charge is 2.21. The van der Waals surface area contributed by atoms with Gasteiger partial charge in [-0.15, -0.1) is 0 Å². The summed E-state index contributed by atoms with van der Waals surface area (Å²) in [7, 11) is 0. The molecule has 0 unspecified atom stereocenters. The van der Waals surface area contributed by atoms with Gasteiger partial charge in [0.25, 0.3) is 5.56 Å². The van der Waals surface area contributed by atoms with Crippen molar-refractivity contribution in [1.82, 2.24) is 24.5 Å². The first kappa shape index (κ1) is 26.6. The van der Waals surface area contributed by atoms with E-state index in [1.807, 2.05) is 67.6 Å². The number of anilines is 1. The van der Waals surface area contributed by atoms with Crippen molar-refractivity contribution in [3.05, 3.63) is 113 Å². The van der Waals surface area contributed by atoms with Gasteiger partial charge >= 0.3 is 6.01 Å². The second-order valence-corrected chi connectivity index (χ2v) is 9.67. The molecule has 1 atom stereocenters. The Kier molecular flexibility index (Phi) is 7.26. The molecular formula is C33H27N7O2. The van der Waals surface area contributed by atoms with Gasteiger partial charge in [-0.25, -0.2) is 19.9 Å². The Balaban J connectivity index is 1.55. The Morgan fingerprint density at radius 1 is 0.952 bits per heavy atom. The molecule has 3 heterocycles. The number of pyridine rings is 1. The van der Waals surface area contributed by atoms with Crippen molar-refractivity contribution < 1.29 is 4.74 Å². The summed E-state index contributed by atoms with van der Waals surface area (Å²) in [4.78, 5) is 32.0. The quantitative estimate of drug-likeness (QED) is 0.236. The smallest absolute Gasteiger partial charge is 0.316 e. The van der Waals surface area contributed by atoms with Gasteiger partial charge in [-0.2, -0.15) is 5.26 Å². The molecule has 6 rings (SSSR count). The number of aromatic nitrogens is 5. The van der Waals surface area contributed by atoms with Crippen LogP contribution in [0.5, 0.6) is 6.01 Å². The maximum Gasteiger partial charge on any atom is 0.316 e. The number of hydrogen-bond donors (Lipinski definition) is 1. The minimum Gasteiger partial charge on any atom is -0.464 e. The van der Waals surface area contributed by atoms with Crippen LogP contribution in [-0.2, 0) is 0 Å². The van der Waals surface area contributed by atoms with Crippen molar-refractivity contribution in [2.45, 2.75) is 26.3 Å². The molecule has 206 valence electrons. The molecule has 0 fully saturated rings. The molecule has 9 nitrogen and oxygen atoms in total. The number of rotatable bonds is 8. The number of ether oxygens (including phenoxy) is 1. The number of benzene rings is 3. The lowest BCUT2D eigenvalue weighted by atomic mass is 9.98. The van der Waals surface area contributed by atoms with Gasteiger partial charge < -0.3 is 10.1 Å². The normalized spacial score (nSPS) is 11.7. The van der Waals surface area contributed by atoms with E-state index in [1.165, 1.54) is 6.33 Å². The van der Waals surface area contributed by atoms with Gasteiger partial charge in [-0.05, 0) is 60.7 Å². The van der Waals surface area contributed by atoms with Gasteiger partial charge in [-0.1, -0.05) is 43.3 Å². The summed E-state index contributed by atoms with van der Waals surface area (Å²) in [5.41, 5.74) is 4.08. The Bertz CT molecular complexity index is 2000. The summed E-state index contributed by atoms with van der Waals surface area (Å²) in [6, 6.07) is 24.9. The largest absolute Gasteiger partial charge is 0.464 e. The van der Waals surface area contributed by atoms with E-state index in [-0.39, 0.29) is 11.6 Å². The topological polar surface area (TPSA) is 119 Å². The van der Waals surface area contributed by atoms with Crippen LogP contribution in [0.2, 0.25) is 0 Å². The average Bonchev–Trinajstić information content (AvgIpc) is 3.04. The summed E-state index contributed by atoms with van der Waals surface area (Å²) in [6.45, 7) is 4.40. The molecule has 0 aliphatic heterocycles. The van der Waals surface area contributed by atoms with Crippen molar-refractivity contribution >= 4 is 27.5 Å². The average molecular weight is 554 g/mol. The number of nitrogens with one attached hydrogen (secondary N) is 1. The predicted octanol–water partition coefficient (Wildman–Crippen LogP) is 6.22. The Morgan fingerprint density at radius 3 is 2.50 bits per heavy atom. The van der Waals surface area contributed by atoms with E-state index in [1.54, 1.807) is 29.1 Å². The van der Waals surface area contributed by atoms with Crippen molar-refractivity contribution in [2.24, 2.45) is 0 Å². The first-order valence-corrected chi connectivity index (χ1v) is 13.7. The lowest BCUT2D eigenvalue weighted by Crippen LogP contribution is -2.27. The van der Waals surface area contributed by atoms with Crippen molar-refractivity contribution in [2.75, 3.05) is 11.9 Å². The third-order valence-corrected chi connectivity index (χ3v) is 7.14. The molecule has 1 N–H and O–H groups in total. The summed E-state index contributed by atoms with van der Waals surface area (Å²) in [5.74, 6) is 0.594. The summed E-state index contributed by atoms with van der Waals surface area (Å²) < 4.78 is 7.16. The minimum atomic E-state index is -0.288. The second-order valence-electron chi connectivity index (χ2n) is 9.67. The summed E-state index contributed by atoms with van der Waals surface area (Å²) in [6.07, 6.45) is 5.52. The van der Waals surface area contributed by atoms with Gasteiger partial charge in [0.05, 0.1) is 35.2 Å². The van der Waals surface area contributed by atoms with Gasteiger partial charge in [0, 0.05) is 34.7 Å². The second kappa shape index (κ2) is 11.5. The summed E-state index contributed by atoms with van der Waals surface area (Å²) >= 11 is 0. The standard InChI is InChI=1S/C33H27N7O2/c1-3-27(39-31-26-15-21(17-34)13-14-28(26)37-20-38-31)29-16-22-9-8-12-25(23-18-35-33(36-19-23)42-4-2)30(22)32(41)40(29)24-10-6-5-7-11-24/h5-16,18-20,27H,3-4H2,1-2H3,(H,37,38,39)/t27-/m0/s1. The zero-order valence-electron chi connectivity index (χ0n) is 23.2. The molecule has 0 bridgehead atoms. The van der Waals surface area contributed by atoms with E-state index >= 15 is 0 Å². The van der Waals surface area contributed by atoms with Gasteiger partial charge in [-0.3, -0.25) is 9.36 Å². The maximum absolute atomic E-state index is 14.5. The van der Waals surface area contributed by atoms with E-state index in [9.17, 15) is 10.1 Å². The molecule has 0 saturated heterocycles. The van der Waals surface area contributed by atoms with E-state index in [4.69, 9.17) is 4.74 Å².